The number of aliphatic hydroxyl groups excluding tert-OH is 2. The molecule has 15 heavy (non-hydrogen) atoms. The van der Waals surface area contributed by atoms with Crippen molar-refractivity contribution in [1.82, 2.24) is 0 Å². The zero-order chi connectivity index (χ0) is 11.7. The molecule has 0 saturated heterocycles. The summed E-state index contributed by atoms with van der Waals surface area (Å²) in [6.45, 7) is 6.72. The molecule has 0 fully saturated rings. The predicted molar refractivity (Wildman–Crippen MR) is 58.8 cm³/mol. The minimum absolute atomic E-state index is 0.0478. The van der Waals surface area contributed by atoms with Crippen LogP contribution in [0.4, 0.5) is 0 Å². The number of ether oxygens (including phenoxy) is 2. The van der Waals surface area contributed by atoms with Crippen molar-refractivity contribution in [1.29, 1.82) is 0 Å². The molecular formula is C11H24O4. The monoisotopic (exact) mass is 220 g/mol. The summed E-state index contributed by atoms with van der Waals surface area (Å²) in [7, 11) is 0. The van der Waals surface area contributed by atoms with Crippen LogP contribution in [0.25, 0.3) is 0 Å². The second kappa shape index (κ2) is 9.09. The average molecular weight is 220 g/mol. The first kappa shape index (κ1) is 14.8. The van der Waals surface area contributed by atoms with Crippen molar-refractivity contribution in [3.05, 3.63) is 0 Å². The third kappa shape index (κ3) is 10.1. The molecule has 0 aliphatic rings. The molecule has 0 amide bonds. The first-order valence-corrected chi connectivity index (χ1v) is 5.61. The van der Waals surface area contributed by atoms with Gasteiger partial charge in [-0.3, -0.25) is 0 Å². The number of aliphatic hydroxyl groups is 2. The van der Waals surface area contributed by atoms with Crippen LogP contribution < -0.4 is 0 Å². The Morgan fingerprint density at radius 3 is 2.27 bits per heavy atom. The van der Waals surface area contributed by atoms with Crippen molar-refractivity contribution in [3.8, 4) is 0 Å². The number of rotatable bonds is 9. The van der Waals surface area contributed by atoms with E-state index in [1.807, 2.05) is 13.8 Å². The lowest BCUT2D eigenvalue weighted by atomic mass is 10.2. The van der Waals surface area contributed by atoms with Gasteiger partial charge in [-0.2, -0.15) is 0 Å². The molecule has 0 aliphatic carbocycles. The Labute approximate surface area is 92.2 Å². The van der Waals surface area contributed by atoms with Gasteiger partial charge in [0.05, 0.1) is 38.1 Å². The fourth-order valence-corrected chi connectivity index (χ4v) is 1.14. The highest BCUT2D eigenvalue weighted by molar-refractivity contribution is 4.54. The number of hydrogen-bond acceptors (Lipinski definition) is 4. The Hall–Kier alpha value is -0.160. The smallest absolute Gasteiger partial charge is 0.0781 e. The first-order valence-electron chi connectivity index (χ1n) is 5.61. The summed E-state index contributed by atoms with van der Waals surface area (Å²) in [5.41, 5.74) is 0. The van der Waals surface area contributed by atoms with Gasteiger partial charge in [-0.1, -0.05) is 13.3 Å². The van der Waals surface area contributed by atoms with Crippen molar-refractivity contribution in [3.63, 3.8) is 0 Å². The van der Waals surface area contributed by atoms with Crippen LogP contribution in [0.2, 0.25) is 0 Å². The van der Waals surface area contributed by atoms with Crippen molar-refractivity contribution < 1.29 is 19.7 Å². The largest absolute Gasteiger partial charge is 0.391 e. The van der Waals surface area contributed by atoms with Crippen LogP contribution in [0, 0.1) is 0 Å². The summed E-state index contributed by atoms with van der Waals surface area (Å²) in [6, 6.07) is 0. The van der Waals surface area contributed by atoms with Crippen molar-refractivity contribution in [2.45, 2.75) is 51.9 Å². The summed E-state index contributed by atoms with van der Waals surface area (Å²) in [6.07, 6.45) is 0.854. The molecule has 3 unspecified atom stereocenters. The fraction of sp³-hybridized carbons (Fsp3) is 1.00. The lowest BCUT2D eigenvalue weighted by Crippen LogP contribution is -2.24. The van der Waals surface area contributed by atoms with Gasteiger partial charge in [0.15, 0.2) is 0 Å². The van der Waals surface area contributed by atoms with Gasteiger partial charge in [0.1, 0.15) is 0 Å². The van der Waals surface area contributed by atoms with E-state index in [4.69, 9.17) is 14.6 Å². The summed E-state index contributed by atoms with van der Waals surface area (Å²) in [5, 5.41) is 18.4. The molecule has 3 atom stereocenters. The maximum Gasteiger partial charge on any atom is 0.0781 e. The molecule has 0 aromatic heterocycles. The molecule has 2 N–H and O–H groups in total. The number of hydrogen-bond donors (Lipinski definition) is 2. The summed E-state index contributed by atoms with van der Waals surface area (Å²) < 4.78 is 10.6. The second-order valence-electron chi connectivity index (χ2n) is 3.97. The van der Waals surface area contributed by atoms with Gasteiger partial charge in [0.25, 0.3) is 0 Å². The summed E-state index contributed by atoms with van der Waals surface area (Å²) in [5.74, 6) is 0. The van der Waals surface area contributed by atoms with E-state index in [9.17, 15) is 5.11 Å². The van der Waals surface area contributed by atoms with Gasteiger partial charge in [0, 0.05) is 0 Å². The molecule has 0 rings (SSSR count). The topological polar surface area (TPSA) is 58.9 Å². The maximum atomic E-state index is 9.37. The van der Waals surface area contributed by atoms with Gasteiger partial charge in [0.2, 0.25) is 0 Å². The Morgan fingerprint density at radius 2 is 1.73 bits per heavy atom. The summed E-state index contributed by atoms with van der Waals surface area (Å²) >= 11 is 0. The highest BCUT2D eigenvalue weighted by atomic mass is 16.5. The van der Waals surface area contributed by atoms with Crippen molar-refractivity contribution >= 4 is 0 Å². The predicted octanol–water partition coefficient (Wildman–Crippen LogP) is 0.950. The average Bonchev–Trinajstić information content (AvgIpc) is 2.15. The Bertz CT molecular complexity index is 139. The molecule has 0 radical (unpaired) electrons. The van der Waals surface area contributed by atoms with Gasteiger partial charge in [-0.05, 0) is 20.3 Å². The highest BCUT2D eigenvalue weighted by Crippen LogP contribution is 1.99. The Balaban J connectivity index is 3.34. The fourth-order valence-electron chi connectivity index (χ4n) is 1.14. The van der Waals surface area contributed by atoms with Crippen LogP contribution in [-0.4, -0.2) is 48.3 Å². The van der Waals surface area contributed by atoms with Crippen molar-refractivity contribution in [2.75, 3.05) is 19.8 Å². The lowest BCUT2D eigenvalue weighted by Gasteiger charge is -2.16. The molecule has 0 bridgehead atoms. The molecule has 4 nitrogen and oxygen atoms in total. The van der Waals surface area contributed by atoms with Gasteiger partial charge in [-0.25, -0.2) is 0 Å². The van der Waals surface area contributed by atoms with Crippen LogP contribution in [-0.2, 0) is 9.47 Å². The van der Waals surface area contributed by atoms with Crippen LogP contribution in [0.15, 0.2) is 0 Å². The van der Waals surface area contributed by atoms with E-state index in [0.29, 0.717) is 19.8 Å². The third-order valence-corrected chi connectivity index (χ3v) is 1.91. The molecule has 0 spiro atoms. The van der Waals surface area contributed by atoms with Gasteiger partial charge >= 0.3 is 0 Å². The van der Waals surface area contributed by atoms with Crippen LogP contribution in [0.3, 0.4) is 0 Å². The first-order chi connectivity index (χ1) is 7.06. The molecule has 4 heteroatoms. The van der Waals surface area contributed by atoms with E-state index in [0.717, 1.165) is 12.8 Å². The minimum Gasteiger partial charge on any atom is -0.391 e. The van der Waals surface area contributed by atoms with E-state index < -0.39 is 6.10 Å². The normalized spacial score (nSPS) is 17.4. The molecule has 0 aromatic carbocycles. The quantitative estimate of drug-likeness (QED) is 0.607. The molecule has 0 heterocycles. The molecule has 92 valence electrons. The zero-order valence-electron chi connectivity index (χ0n) is 9.98. The Morgan fingerprint density at radius 1 is 1.07 bits per heavy atom. The standard InChI is InChI=1S/C11H24O4/c1-4-5-11(13)8-14-7-10(3)15-6-9(2)12/h9-13H,4-8H2,1-3H3. The molecule has 0 aliphatic heterocycles. The highest BCUT2D eigenvalue weighted by Gasteiger charge is 2.07. The third-order valence-electron chi connectivity index (χ3n) is 1.91. The van der Waals surface area contributed by atoms with Gasteiger partial charge < -0.3 is 19.7 Å². The molecular weight excluding hydrogens is 196 g/mol. The van der Waals surface area contributed by atoms with Crippen LogP contribution in [0.1, 0.15) is 33.6 Å². The lowest BCUT2D eigenvalue weighted by molar-refractivity contribution is -0.0522. The Kier molecular flexibility index (Phi) is 9.00. The minimum atomic E-state index is -0.446. The SMILES string of the molecule is CCCC(O)COCC(C)OCC(C)O. The van der Waals surface area contributed by atoms with E-state index in [2.05, 4.69) is 0 Å². The summed E-state index contributed by atoms with van der Waals surface area (Å²) in [4.78, 5) is 0. The van der Waals surface area contributed by atoms with E-state index >= 15 is 0 Å². The maximum absolute atomic E-state index is 9.37. The van der Waals surface area contributed by atoms with Crippen molar-refractivity contribution in [2.24, 2.45) is 0 Å². The molecule has 0 aromatic rings. The van der Waals surface area contributed by atoms with Crippen LogP contribution >= 0.6 is 0 Å². The molecule has 0 saturated carbocycles. The zero-order valence-corrected chi connectivity index (χ0v) is 9.98. The van der Waals surface area contributed by atoms with Crippen LogP contribution in [0.5, 0.6) is 0 Å². The van der Waals surface area contributed by atoms with E-state index in [1.54, 1.807) is 6.92 Å². The van der Waals surface area contributed by atoms with Gasteiger partial charge in [-0.15, -0.1) is 0 Å². The van der Waals surface area contributed by atoms with E-state index in [-0.39, 0.29) is 12.2 Å². The van der Waals surface area contributed by atoms with E-state index in [1.165, 1.54) is 0 Å². The second-order valence-corrected chi connectivity index (χ2v) is 3.97.